The highest BCUT2D eigenvalue weighted by Crippen LogP contribution is 2.42. The Hall–Kier alpha value is -4.17. The van der Waals surface area contributed by atoms with Crippen LogP contribution in [0.1, 0.15) is 49.3 Å². The molecule has 224 valence electrons. The number of sulfonamides is 1. The molecule has 0 bridgehead atoms. The van der Waals surface area contributed by atoms with Crippen LogP contribution in [0.4, 0.5) is 5.69 Å². The first-order chi connectivity index (χ1) is 20.8. The first kappa shape index (κ1) is 30.3. The molecule has 0 fully saturated rings. The minimum atomic E-state index is -3.71. The average molecular weight is 598 g/mol. The molecular weight excluding hydrogens is 558 g/mol. The van der Waals surface area contributed by atoms with E-state index in [0.29, 0.717) is 30.0 Å². The van der Waals surface area contributed by atoms with Crippen LogP contribution >= 0.6 is 0 Å². The molecule has 0 spiro atoms. The zero-order valence-electron chi connectivity index (χ0n) is 24.8. The van der Waals surface area contributed by atoms with Crippen LogP contribution in [0.25, 0.3) is 10.8 Å². The lowest BCUT2D eigenvalue weighted by Crippen LogP contribution is -2.50. The summed E-state index contributed by atoms with van der Waals surface area (Å²) in [5.41, 5.74) is 3.63. The molecule has 8 heteroatoms. The third-order valence-corrected chi connectivity index (χ3v) is 9.82. The molecule has 1 aliphatic rings. The summed E-state index contributed by atoms with van der Waals surface area (Å²) in [5, 5.41) is 4.65. The molecule has 2 amide bonds. The molecular formula is C35H39N3O4S. The van der Waals surface area contributed by atoms with Crippen LogP contribution < -0.4 is 9.62 Å². The molecule has 0 saturated heterocycles. The number of carbonyl (C=O) groups is 2. The van der Waals surface area contributed by atoms with E-state index >= 15 is 0 Å². The molecule has 0 aliphatic carbocycles. The summed E-state index contributed by atoms with van der Waals surface area (Å²) in [7, 11) is -3.71. The third kappa shape index (κ3) is 6.75. The summed E-state index contributed by atoms with van der Waals surface area (Å²) < 4.78 is 28.3. The zero-order valence-corrected chi connectivity index (χ0v) is 25.6. The van der Waals surface area contributed by atoms with Crippen molar-refractivity contribution in [3.63, 3.8) is 0 Å². The Morgan fingerprint density at radius 3 is 2.35 bits per heavy atom. The van der Waals surface area contributed by atoms with Gasteiger partial charge >= 0.3 is 0 Å². The summed E-state index contributed by atoms with van der Waals surface area (Å²) >= 11 is 0. The van der Waals surface area contributed by atoms with Crippen LogP contribution in [0.5, 0.6) is 0 Å². The number of hydrogen-bond acceptors (Lipinski definition) is 4. The van der Waals surface area contributed by atoms with Gasteiger partial charge in [-0.25, -0.2) is 8.42 Å². The van der Waals surface area contributed by atoms with Crippen molar-refractivity contribution in [2.75, 3.05) is 17.4 Å². The van der Waals surface area contributed by atoms with Crippen molar-refractivity contribution < 1.29 is 18.0 Å². The molecule has 43 heavy (non-hydrogen) atoms. The minimum absolute atomic E-state index is 0.109. The maximum absolute atomic E-state index is 14.0. The molecule has 5 rings (SSSR count). The van der Waals surface area contributed by atoms with Gasteiger partial charge in [-0.3, -0.25) is 13.9 Å². The largest absolute Gasteiger partial charge is 0.354 e. The zero-order chi connectivity index (χ0) is 30.4. The van der Waals surface area contributed by atoms with Gasteiger partial charge in [0, 0.05) is 37.9 Å². The molecule has 1 heterocycles. The van der Waals surface area contributed by atoms with Crippen molar-refractivity contribution >= 4 is 38.3 Å². The fourth-order valence-corrected chi connectivity index (χ4v) is 7.53. The van der Waals surface area contributed by atoms with Crippen molar-refractivity contribution in [3.8, 4) is 0 Å². The van der Waals surface area contributed by atoms with Crippen molar-refractivity contribution in [2.24, 2.45) is 0 Å². The summed E-state index contributed by atoms with van der Waals surface area (Å²) in [6, 6.07) is 27.9. The van der Waals surface area contributed by atoms with Crippen molar-refractivity contribution in [1.82, 2.24) is 10.2 Å². The van der Waals surface area contributed by atoms with E-state index < -0.39 is 16.1 Å². The molecule has 0 saturated carbocycles. The Balaban J connectivity index is 1.39. The number of amides is 2. The van der Waals surface area contributed by atoms with Gasteiger partial charge < -0.3 is 10.2 Å². The normalized spacial score (nSPS) is 14.0. The number of nitrogens with one attached hydrogen (secondary N) is 1. The Bertz CT molecular complexity index is 1700. The smallest absolute Gasteiger partial charge is 0.265 e. The standard InChI is InChI=1S/C35H39N3O4S/c1-3-4-21-36-35(40)31(24-27-13-6-5-7-14-27)37(25-28-15-8-12-26(2)23-28)33(39)20-11-22-38-30-18-9-16-29-17-10-19-32(34(29)30)43(38,41)42/h5-10,12-19,23,31H,3-4,11,20-22,24-25H2,1-2H3,(H,36,40). The van der Waals surface area contributed by atoms with E-state index in [0.717, 1.165) is 40.3 Å². The molecule has 1 N–H and O–H groups in total. The highest BCUT2D eigenvalue weighted by atomic mass is 32.2. The van der Waals surface area contributed by atoms with Crippen molar-refractivity contribution in [1.29, 1.82) is 0 Å². The predicted molar refractivity (Wildman–Crippen MR) is 171 cm³/mol. The maximum atomic E-state index is 14.0. The first-order valence-electron chi connectivity index (χ1n) is 15.0. The van der Waals surface area contributed by atoms with Crippen molar-refractivity contribution in [2.45, 2.75) is 63.4 Å². The second-order valence-electron chi connectivity index (χ2n) is 11.2. The molecule has 7 nitrogen and oxygen atoms in total. The number of hydrogen-bond donors (Lipinski definition) is 1. The Morgan fingerprint density at radius 2 is 1.60 bits per heavy atom. The van der Waals surface area contributed by atoms with E-state index in [9.17, 15) is 18.0 Å². The fourth-order valence-electron chi connectivity index (χ4n) is 5.78. The predicted octanol–water partition coefficient (Wildman–Crippen LogP) is 5.99. The second kappa shape index (κ2) is 13.4. The molecule has 4 aromatic carbocycles. The summed E-state index contributed by atoms with van der Waals surface area (Å²) in [6.45, 7) is 5.08. The summed E-state index contributed by atoms with van der Waals surface area (Å²) in [5.74, 6) is -0.358. The lowest BCUT2D eigenvalue weighted by Gasteiger charge is -2.32. The number of unbranched alkanes of at least 4 members (excludes halogenated alkanes) is 1. The minimum Gasteiger partial charge on any atom is -0.354 e. The van der Waals surface area contributed by atoms with Gasteiger partial charge in [-0.2, -0.15) is 0 Å². The van der Waals surface area contributed by atoms with Crippen molar-refractivity contribution in [3.05, 3.63) is 108 Å². The first-order valence-corrected chi connectivity index (χ1v) is 16.4. The molecule has 4 aromatic rings. The number of nitrogens with zero attached hydrogens (tertiary/aromatic N) is 2. The third-order valence-electron chi connectivity index (χ3n) is 7.97. The van der Waals surface area contributed by atoms with Crippen LogP contribution in [0.2, 0.25) is 0 Å². The topological polar surface area (TPSA) is 86.8 Å². The fraction of sp³-hybridized carbons (Fsp3) is 0.314. The monoisotopic (exact) mass is 597 g/mol. The van der Waals surface area contributed by atoms with Gasteiger partial charge in [0.1, 0.15) is 6.04 Å². The van der Waals surface area contributed by atoms with Crippen LogP contribution in [-0.4, -0.2) is 44.3 Å². The SMILES string of the molecule is CCCCNC(=O)C(Cc1ccccc1)N(Cc1cccc(C)c1)C(=O)CCCN1c2cccc3cccc(c23)S1(=O)=O. The number of benzene rings is 4. The number of carbonyl (C=O) groups excluding carboxylic acids is 2. The second-order valence-corrected chi connectivity index (χ2v) is 13.0. The van der Waals surface area contributed by atoms with Crippen LogP contribution in [0.15, 0.2) is 95.9 Å². The molecule has 1 atom stereocenters. The van der Waals surface area contributed by atoms with Gasteiger partial charge in [-0.05, 0) is 48.4 Å². The van der Waals surface area contributed by atoms with Gasteiger partial charge in [0.15, 0.2) is 0 Å². The maximum Gasteiger partial charge on any atom is 0.265 e. The number of aryl methyl sites for hydroxylation is 1. The van der Waals surface area contributed by atoms with E-state index in [-0.39, 0.29) is 31.3 Å². The van der Waals surface area contributed by atoms with E-state index in [1.165, 1.54) is 4.31 Å². The molecule has 1 unspecified atom stereocenters. The summed E-state index contributed by atoms with van der Waals surface area (Å²) in [4.78, 5) is 29.6. The lowest BCUT2D eigenvalue weighted by atomic mass is 10.0. The van der Waals surface area contributed by atoms with Gasteiger partial charge in [-0.15, -0.1) is 0 Å². The Kier molecular flexibility index (Phi) is 9.46. The molecule has 0 aromatic heterocycles. The molecule has 0 radical (unpaired) electrons. The van der Waals surface area contributed by atoms with E-state index in [1.54, 1.807) is 17.0 Å². The van der Waals surface area contributed by atoms with Crippen LogP contribution in [-0.2, 0) is 32.6 Å². The lowest BCUT2D eigenvalue weighted by molar-refractivity contribution is -0.141. The average Bonchev–Trinajstić information content (AvgIpc) is 3.22. The van der Waals surface area contributed by atoms with E-state index in [4.69, 9.17) is 0 Å². The van der Waals surface area contributed by atoms with Gasteiger partial charge in [0.25, 0.3) is 10.0 Å². The Morgan fingerprint density at radius 1 is 0.884 bits per heavy atom. The van der Waals surface area contributed by atoms with Gasteiger partial charge in [0.05, 0.1) is 10.6 Å². The number of rotatable bonds is 13. The van der Waals surface area contributed by atoms with Crippen LogP contribution in [0.3, 0.4) is 0 Å². The van der Waals surface area contributed by atoms with Gasteiger partial charge in [0.2, 0.25) is 11.8 Å². The van der Waals surface area contributed by atoms with Gasteiger partial charge in [-0.1, -0.05) is 97.8 Å². The summed E-state index contributed by atoms with van der Waals surface area (Å²) in [6.07, 6.45) is 2.62. The quantitative estimate of drug-likeness (QED) is 0.192. The van der Waals surface area contributed by atoms with Crippen LogP contribution in [0, 0.1) is 6.92 Å². The molecule has 1 aliphatic heterocycles. The number of anilines is 1. The highest BCUT2D eigenvalue weighted by Gasteiger charge is 2.36. The van der Waals surface area contributed by atoms with E-state index in [1.807, 2.05) is 85.8 Å². The van der Waals surface area contributed by atoms with E-state index in [2.05, 4.69) is 12.2 Å². The highest BCUT2D eigenvalue weighted by molar-refractivity contribution is 7.93. The Labute approximate surface area is 254 Å².